The second-order valence-electron chi connectivity index (χ2n) is 3.01. The number of nitrogen functional groups attached to an aromatic ring is 1. The Morgan fingerprint density at radius 1 is 1.33 bits per heavy atom. The van der Waals surface area contributed by atoms with E-state index in [-0.39, 0.29) is 0 Å². The second kappa shape index (κ2) is 4.00. The van der Waals surface area contributed by atoms with Gasteiger partial charge in [-0.3, -0.25) is 0 Å². The molecule has 15 heavy (non-hydrogen) atoms. The number of ether oxygens (including phenoxy) is 1. The molecule has 0 radical (unpaired) electrons. The van der Waals surface area contributed by atoms with E-state index in [1.807, 2.05) is 31.2 Å². The molecule has 2 rings (SSSR count). The van der Waals surface area contributed by atoms with Gasteiger partial charge in [-0.15, -0.1) is 5.10 Å². The van der Waals surface area contributed by atoms with Gasteiger partial charge in [-0.2, -0.15) is 0 Å². The topological polar surface area (TPSA) is 66.0 Å². The van der Waals surface area contributed by atoms with E-state index in [1.54, 1.807) is 10.9 Å². The van der Waals surface area contributed by atoms with Crippen molar-refractivity contribution >= 4 is 5.82 Å². The number of nitrogens with zero attached hydrogens (tertiary/aromatic N) is 3. The predicted molar refractivity (Wildman–Crippen MR) is 56.9 cm³/mol. The van der Waals surface area contributed by atoms with Crippen LogP contribution in [0.5, 0.6) is 5.75 Å². The maximum atomic E-state index is 5.47. The summed E-state index contributed by atoms with van der Waals surface area (Å²) in [5, 5.41) is 7.57. The van der Waals surface area contributed by atoms with Crippen molar-refractivity contribution in [3.63, 3.8) is 0 Å². The smallest absolute Gasteiger partial charge is 0.166 e. The molecule has 0 fully saturated rings. The zero-order valence-electron chi connectivity index (χ0n) is 8.42. The van der Waals surface area contributed by atoms with Crippen molar-refractivity contribution in [3.8, 4) is 11.4 Å². The van der Waals surface area contributed by atoms with Crippen LogP contribution in [0, 0.1) is 0 Å². The highest BCUT2D eigenvalue weighted by Gasteiger charge is 1.99. The van der Waals surface area contributed by atoms with Crippen LogP contribution in [0.2, 0.25) is 0 Å². The Labute approximate surface area is 87.5 Å². The molecule has 0 saturated carbocycles. The molecule has 0 aliphatic rings. The van der Waals surface area contributed by atoms with E-state index < -0.39 is 0 Å². The second-order valence-corrected chi connectivity index (χ2v) is 3.01. The monoisotopic (exact) mass is 204 g/mol. The van der Waals surface area contributed by atoms with Crippen molar-refractivity contribution in [2.24, 2.45) is 0 Å². The average Bonchev–Trinajstić information content (AvgIpc) is 2.67. The first-order chi connectivity index (χ1) is 7.29. The van der Waals surface area contributed by atoms with Crippen LogP contribution in [0.25, 0.3) is 5.69 Å². The normalized spacial score (nSPS) is 10.2. The molecule has 5 nitrogen and oxygen atoms in total. The van der Waals surface area contributed by atoms with Gasteiger partial charge in [-0.1, -0.05) is 5.21 Å². The summed E-state index contributed by atoms with van der Waals surface area (Å²) in [5.41, 5.74) is 6.38. The predicted octanol–water partition coefficient (Wildman–Crippen LogP) is 1.25. The Hall–Kier alpha value is -2.04. The molecular formula is C10H12N4O. The molecule has 0 spiro atoms. The van der Waals surface area contributed by atoms with Crippen LogP contribution in [0.1, 0.15) is 6.92 Å². The standard InChI is InChI=1S/C10H12N4O/c1-2-15-9-5-3-8(4-6-9)14-7-10(11)12-13-14/h3-7H,2,11H2,1H3. The van der Waals surface area contributed by atoms with Gasteiger partial charge in [-0.25, -0.2) is 4.68 Å². The maximum absolute atomic E-state index is 5.47. The lowest BCUT2D eigenvalue weighted by Gasteiger charge is -2.03. The summed E-state index contributed by atoms with van der Waals surface area (Å²) in [4.78, 5) is 0. The highest BCUT2D eigenvalue weighted by Crippen LogP contribution is 2.14. The minimum atomic E-state index is 0.406. The van der Waals surface area contributed by atoms with E-state index in [0.29, 0.717) is 12.4 Å². The first-order valence-electron chi connectivity index (χ1n) is 4.70. The van der Waals surface area contributed by atoms with Gasteiger partial charge in [0.25, 0.3) is 0 Å². The van der Waals surface area contributed by atoms with Crippen LogP contribution in [0.15, 0.2) is 30.5 Å². The van der Waals surface area contributed by atoms with E-state index in [1.165, 1.54) is 0 Å². The van der Waals surface area contributed by atoms with Gasteiger partial charge >= 0.3 is 0 Å². The highest BCUT2D eigenvalue weighted by molar-refractivity contribution is 5.38. The number of benzene rings is 1. The Morgan fingerprint density at radius 3 is 2.60 bits per heavy atom. The zero-order chi connectivity index (χ0) is 10.7. The summed E-state index contributed by atoms with van der Waals surface area (Å²) in [6.07, 6.45) is 1.66. The third-order valence-corrected chi connectivity index (χ3v) is 1.92. The Morgan fingerprint density at radius 2 is 2.07 bits per heavy atom. The van der Waals surface area contributed by atoms with Crippen LogP contribution in [-0.4, -0.2) is 21.6 Å². The van der Waals surface area contributed by atoms with Crippen LogP contribution >= 0.6 is 0 Å². The molecule has 2 N–H and O–H groups in total. The Kier molecular flexibility index (Phi) is 2.53. The fraction of sp³-hybridized carbons (Fsp3) is 0.200. The number of rotatable bonds is 3. The third kappa shape index (κ3) is 2.07. The molecular weight excluding hydrogens is 192 g/mol. The lowest BCUT2D eigenvalue weighted by Crippen LogP contribution is -1.96. The number of hydrogen-bond donors (Lipinski definition) is 1. The maximum Gasteiger partial charge on any atom is 0.166 e. The van der Waals surface area contributed by atoms with Crippen LogP contribution in [0.4, 0.5) is 5.82 Å². The molecule has 0 bridgehead atoms. The van der Waals surface area contributed by atoms with Crippen molar-refractivity contribution in [3.05, 3.63) is 30.5 Å². The van der Waals surface area contributed by atoms with Gasteiger partial charge in [-0.05, 0) is 31.2 Å². The van der Waals surface area contributed by atoms with E-state index in [0.717, 1.165) is 11.4 Å². The minimum Gasteiger partial charge on any atom is -0.494 e. The molecule has 0 aliphatic heterocycles. The van der Waals surface area contributed by atoms with E-state index in [9.17, 15) is 0 Å². The lowest BCUT2D eigenvalue weighted by atomic mass is 10.3. The van der Waals surface area contributed by atoms with Crippen molar-refractivity contribution < 1.29 is 4.74 Å². The summed E-state index contributed by atoms with van der Waals surface area (Å²) in [6.45, 7) is 2.61. The number of anilines is 1. The Balaban J connectivity index is 2.23. The van der Waals surface area contributed by atoms with Crippen LogP contribution < -0.4 is 10.5 Å². The van der Waals surface area contributed by atoms with Crippen LogP contribution in [-0.2, 0) is 0 Å². The molecule has 5 heteroatoms. The molecule has 78 valence electrons. The van der Waals surface area contributed by atoms with E-state index >= 15 is 0 Å². The average molecular weight is 204 g/mol. The fourth-order valence-corrected chi connectivity index (χ4v) is 1.26. The first-order valence-corrected chi connectivity index (χ1v) is 4.70. The molecule has 0 saturated heterocycles. The first kappa shape index (κ1) is 9.51. The SMILES string of the molecule is CCOc1ccc(-n2cc(N)nn2)cc1. The largest absolute Gasteiger partial charge is 0.494 e. The Bertz CT molecular complexity index is 435. The third-order valence-electron chi connectivity index (χ3n) is 1.92. The molecule has 0 atom stereocenters. The molecule has 0 aliphatic carbocycles. The van der Waals surface area contributed by atoms with Crippen molar-refractivity contribution in [1.29, 1.82) is 0 Å². The van der Waals surface area contributed by atoms with Gasteiger partial charge in [0, 0.05) is 0 Å². The van der Waals surface area contributed by atoms with Crippen molar-refractivity contribution in [1.82, 2.24) is 15.0 Å². The molecule has 0 unspecified atom stereocenters. The van der Waals surface area contributed by atoms with Gasteiger partial charge in [0.2, 0.25) is 0 Å². The van der Waals surface area contributed by atoms with Crippen molar-refractivity contribution in [2.75, 3.05) is 12.3 Å². The lowest BCUT2D eigenvalue weighted by molar-refractivity contribution is 0.340. The summed E-state index contributed by atoms with van der Waals surface area (Å²) in [6, 6.07) is 7.58. The van der Waals surface area contributed by atoms with Gasteiger partial charge in [0.1, 0.15) is 5.75 Å². The van der Waals surface area contributed by atoms with Gasteiger partial charge < -0.3 is 10.5 Å². The van der Waals surface area contributed by atoms with Gasteiger partial charge in [0.15, 0.2) is 5.82 Å². The van der Waals surface area contributed by atoms with Crippen molar-refractivity contribution in [2.45, 2.75) is 6.92 Å². The number of aromatic nitrogens is 3. The highest BCUT2D eigenvalue weighted by atomic mass is 16.5. The number of nitrogens with two attached hydrogens (primary N) is 1. The number of hydrogen-bond acceptors (Lipinski definition) is 4. The van der Waals surface area contributed by atoms with E-state index in [4.69, 9.17) is 10.5 Å². The fourth-order valence-electron chi connectivity index (χ4n) is 1.26. The molecule has 1 aromatic carbocycles. The van der Waals surface area contributed by atoms with Crippen LogP contribution in [0.3, 0.4) is 0 Å². The molecule has 1 aromatic heterocycles. The van der Waals surface area contributed by atoms with Gasteiger partial charge in [0.05, 0.1) is 18.5 Å². The summed E-state index contributed by atoms with van der Waals surface area (Å²) in [5.74, 6) is 1.25. The summed E-state index contributed by atoms with van der Waals surface area (Å²) in [7, 11) is 0. The molecule has 2 aromatic rings. The quantitative estimate of drug-likeness (QED) is 0.817. The zero-order valence-corrected chi connectivity index (χ0v) is 8.42. The molecule has 0 amide bonds. The van der Waals surface area contributed by atoms with E-state index in [2.05, 4.69) is 10.3 Å². The molecule has 1 heterocycles. The minimum absolute atomic E-state index is 0.406. The summed E-state index contributed by atoms with van der Waals surface area (Å²) < 4.78 is 6.95. The summed E-state index contributed by atoms with van der Waals surface area (Å²) >= 11 is 0.